The van der Waals surface area contributed by atoms with Crippen molar-refractivity contribution in [2.24, 2.45) is 23.7 Å². The third-order valence-electron chi connectivity index (χ3n) is 5.42. The highest BCUT2D eigenvalue weighted by molar-refractivity contribution is 5.69. The Morgan fingerprint density at radius 1 is 1.29 bits per heavy atom. The normalized spacial score (nSPS) is 53.4. The molecule has 0 aromatic heterocycles. The van der Waals surface area contributed by atoms with E-state index in [1.807, 2.05) is 6.92 Å². The Kier molecular flexibility index (Phi) is 2.11. The molecule has 1 heterocycles. The van der Waals surface area contributed by atoms with Gasteiger partial charge >= 0.3 is 5.97 Å². The van der Waals surface area contributed by atoms with Crippen LogP contribution in [0.5, 0.6) is 0 Å². The molecule has 17 heavy (non-hydrogen) atoms. The Bertz CT molecular complexity index is 353. The average Bonchev–Trinajstić information content (AvgIpc) is 2.70. The first kappa shape index (κ1) is 10.4. The van der Waals surface area contributed by atoms with Crippen LogP contribution >= 0.6 is 0 Å². The molecule has 0 amide bonds. The maximum Gasteiger partial charge on any atom is 0.306 e. The van der Waals surface area contributed by atoms with Crippen LogP contribution in [0.15, 0.2) is 0 Å². The Morgan fingerprint density at radius 3 is 3.00 bits per heavy atom. The smallest absolute Gasteiger partial charge is 0.306 e. The summed E-state index contributed by atoms with van der Waals surface area (Å²) in [6, 6.07) is 0. The third kappa shape index (κ3) is 1.41. The maximum atomic E-state index is 11.6. The minimum Gasteiger partial charge on any atom is -0.462 e. The molecule has 1 saturated heterocycles. The van der Waals surface area contributed by atoms with E-state index >= 15 is 0 Å². The van der Waals surface area contributed by atoms with Gasteiger partial charge in [0, 0.05) is 6.42 Å². The van der Waals surface area contributed by atoms with Crippen LogP contribution in [-0.2, 0) is 14.3 Å². The van der Waals surface area contributed by atoms with Gasteiger partial charge in [0.05, 0.1) is 12.2 Å². The fourth-order valence-electron chi connectivity index (χ4n) is 4.83. The molecular formula is C14H20O3. The molecule has 0 N–H and O–H groups in total. The van der Waals surface area contributed by atoms with Gasteiger partial charge in [0.2, 0.25) is 0 Å². The lowest BCUT2D eigenvalue weighted by Crippen LogP contribution is -2.34. The predicted molar refractivity (Wildman–Crippen MR) is 61.3 cm³/mol. The molecule has 3 nitrogen and oxygen atoms in total. The van der Waals surface area contributed by atoms with Crippen LogP contribution < -0.4 is 0 Å². The highest BCUT2D eigenvalue weighted by Gasteiger charge is 2.67. The maximum absolute atomic E-state index is 11.6. The van der Waals surface area contributed by atoms with Crippen molar-refractivity contribution in [2.45, 2.75) is 57.3 Å². The van der Waals surface area contributed by atoms with Crippen LogP contribution in [0.25, 0.3) is 0 Å². The minimum absolute atomic E-state index is 0.0148. The van der Waals surface area contributed by atoms with Crippen LogP contribution in [0.4, 0.5) is 0 Å². The molecule has 4 rings (SSSR count). The lowest BCUT2D eigenvalue weighted by atomic mass is 9.79. The van der Waals surface area contributed by atoms with Gasteiger partial charge in [-0.2, -0.15) is 0 Å². The van der Waals surface area contributed by atoms with Crippen LogP contribution in [0, 0.1) is 23.7 Å². The zero-order chi connectivity index (χ0) is 11.6. The van der Waals surface area contributed by atoms with E-state index in [1.165, 1.54) is 12.8 Å². The Labute approximate surface area is 102 Å². The van der Waals surface area contributed by atoms with Crippen molar-refractivity contribution >= 4 is 5.97 Å². The second-order valence-corrected chi connectivity index (χ2v) is 6.29. The Morgan fingerprint density at radius 2 is 2.18 bits per heavy atom. The summed E-state index contributed by atoms with van der Waals surface area (Å²) in [6.45, 7) is 2.03. The molecule has 0 radical (unpaired) electrons. The summed E-state index contributed by atoms with van der Waals surface area (Å²) in [4.78, 5) is 11.6. The number of fused-ring (bicyclic) bond motifs is 7. The molecule has 3 saturated carbocycles. The number of hydrogen-bond donors (Lipinski definition) is 0. The molecule has 0 aromatic carbocycles. The number of rotatable bonds is 3. The fraction of sp³-hybridized carbons (Fsp3) is 0.929. The third-order valence-corrected chi connectivity index (χ3v) is 5.42. The van der Waals surface area contributed by atoms with Crippen molar-refractivity contribution < 1.29 is 14.3 Å². The van der Waals surface area contributed by atoms with E-state index in [1.54, 1.807) is 0 Å². The van der Waals surface area contributed by atoms with Gasteiger partial charge in [-0.1, -0.05) is 6.92 Å². The van der Waals surface area contributed by atoms with Gasteiger partial charge < -0.3 is 9.47 Å². The fourth-order valence-corrected chi connectivity index (χ4v) is 4.83. The second kappa shape index (κ2) is 3.47. The quantitative estimate of drug-likeness (QED) is 0.556. The predicted octanol–water partition coefficient (Wildman–Crippen LogP) is 2.14. The summed E-state index contributed by atoms with van der Waals surface area (Å²) in [5, 5.41) is 0. The topological polar surface area (TPSA) is 38.8 Å². The molecule has 0 aromatic rings. The Hall–Kier alpha value is -0.570. The van der Waals surface area contributed by atoms with E-state index in [-0.39, 0.29) is 12.1 Å². The van der Waals surface area contributed by atoms with Gasteiger partial charge in [-0.3, -0.25) is 4.79 Å². The van der Waals surface area contributed by atoms with Crippen LogP contribution in [0.2, 0.25) is 0 Å². The molecule has 94 valence electrons. The highest BCUT2D eigenvalue weighted by Crippen LogP contribution is 2.64. The van der Waals surface area contributed by atoms with E-state index < -0.39 is 0 Å². The molecule has 0 spiro atoms. The molecule has 7 atom stereocenters. The van der Waals surface area contributed by atoms with E-state index in [0.717, 1.165) is 30.6 Å². The van der Waals surface area contributed by atoms with Gasteiger partial charge in [-0.25, -0.2) is 0 Å². The molecule has 2 bridgehead atoms. The molecule has 7 unspecified atom stereocenters. The second-order valence-electron chi connectivity index (χ2n) is 6.29. The molecule has 1 aliphatic heterocycles. The number of carbonyl (C=O) groups excluding carboxylic acids is 1. The monoisotopic (exact) mass is 236 g/mol. The van der Waals surface area contributed by atoms with Gasteiger partial charge in [-0.05, 0) is 49.4 Å². The zero-order valence-corrected chi connectivity index (χ0v) is 10.3. The SMILES string of the molecule is CCCC(=O)OC1CC2CC1C1CC3OC3C21. The van der Waals surface area contributed by atoms with Crippen molar-refractivity contribution in [2.75, 3.05) is 0 Å². The molecule has 3 heteroatoms. The van der Waals surface area contributed by atoms with E-state index in [4.69, 9.17) is 9.47 Å². The van der Waals surface area contributed by atoms with Gasteiger partial charge in [0.1, 0.15) is 6.10 Å². The van der Waals surface area contributed by atoms with Crippen molar-refractivity contribution in [1.29, 1.82) is 0 Å². The van der Waals surface area contributed by atoms with E-state index in [0.29, 0.717) is 24.5 Å². The van der Waals surface area contributed by atoms with Crippen molar-refractivity contribution in [3.05, 3.63) is 0 Å². The highest BCUT2D eigenvalue weighted by atomic mass is 16.6. The average molecular weight is 236 g/mol. The molecule has 3 aliphatic carbocycles. The first-order chi connectivity index (χ1) is 8.28. The van der Waals surface area contributed by atoms with E-state index in [2.05, 4.69) is 0 Å². The largest absolute Gasteiger partial charge is 0.462 e. The lowest BCUT2D eigenvalue weighted by molar-refractivity contribution is -0.153. The number of carbonyl (C=O) groups is 1. The van der Waals surface area contributed by atoms with Crippen molar-refractivity contribution in [3.63, 3.8) is 0 Å². The summed E-state index contributed by atoms with van der Waals surface area (Å²) >= 11 is 0. The molecule has 4 aliphatic rings. The van der Waals surface area contributed by atoms with Crippen LogP contribution in [0.3, 0.4) is 0 Å². The van der Waals surface area contributed by atoms with Crippen LogP contribution in [-0.4, -0.2) is 24.3 Å². The first-order valence-corrected chi connectivity index (χ1v) is 7.13. The zero-order valence-electron chi connectivity index (χ0n) is 10.3. The minimum atomic E-state index is 0.0148. The van der Waals surface area contributed by atoms with Gasteiger partial charge in [-0.15, -0.1) is 0 Å². The molecular weight excluding hydrogens is 216 g/mol. The Balaban J connectivity index is 1.43. The van der Waals surface area contributed by atoms with Crippen molar-refractivity contribution in [1.82, 2.24) is 0 Å². The van der Waals surface area contributed by atoms with Crippen molar-refractivity contribution in [3.8, 4) is 0 Å². The summed E-state index contributed by atoms with van der Waals surface area (Å²) in [7, 11) is 0. The number of hydrogen-bond acceptors (Lipinski definition) is 3. The number of ether oxygens (including phenoxy) is 2. The standard InChI is InChI=1S/C14H20O3/c1-2-3-12(15)16-10-5-7-4-8(10)9-6-11-14(17-11)13(7)9/h7-11,13-14H,2-6H2,1H3. The summed E-state index contributed by atoms with van der Waals surface area (Å²) in [6.07, 6.45) is 6.48. The summed E-state index contributed by atoms with van der Waals surface area (Å²) in [5.74, 6) is 3.06. The number of esters is 1. The van der Waals surface area contributed by atoms with Gasteiger partial charge in [0.25, 0.3) is 0 Å². The lowest BCUT2D eigenvalue weighted by Gasteiger charge is -2.32. The first-order valence-electron chi connectivity index (χ1n) is 7.13. The van der Waals surface area contributed by atoms with Gasteiger partial charge in [0.15, 0.2) is 0 Å². The number of epoxide rings is 1. The molecule has 4 fully saturated rings. The van der Waals surface area contributed by atoms with E-state index in [9.17, 15) is 4.79 Å². The van der Waals surface area contributed by atoms with Crippen LogP contribution in [0.1, 0.15) is 39.0 Å². The summed E-state index contributed by atoms with van der Waals surface area (Å²) < 4.78 is 11.3. The summed E-state index contributed by atoms with van der Waals surface area (Å²) in [5.41, 5.74) is 0.